The topological polar surface area (TPSA) is 94.7 Å². The van der Waals surface area contributed by atoms with E-state index in [4.69, 9.17) is 9.84 Å². The zero-order valence-electron chi connectivity index (χ0n) is 11.8. The third kappa shape index (κ3) is 3.29. The summed E-state index contributed by atoms with van der Waals surface area (Å²) in [6.45, 7) is 2.60. The minimum Gasteiger partial charge on any atom is -0.390 e. The van der Waals surface area contributed by atoms with Crippen LogP contribution in [0.25, 0.3) is 0 Å². The first-order valence-corrected chi connectivity index (χ1v) is 8.70. The molecular formula is C13H21N3O4S. The molecular weight excluding hydrogens is 294 g/mol. The highest BCUT2D eigenvalue weighted by atomic mass is 32.2. The van der Waals surface area contributed by atoms with Gasteiger partial charge in [0.1, 0.15) is 0 Å². The molecule has 7 nitrogen and oxygen atoms in total. The summed E-state index contributed by atoms with van der Waals surface area (Å²) in [5, 5.41) is 8.97. The van der Waals surface area contributed by atoms with Crippen LogP contribution in [0.1, 0.15) is 18.5 Å². The van der Waals surface area contributed by atoms with Crippen LogP contribution in [0, 0.1) is 0 Å². The number of hydrogen-bond donors (Lipinski definition) is 3. The van der Waals surface area contributed by atoms with E-state index in [0.29, 0.717) is 18.3 Å². The van der Waals surface area contributed by atoms with E-state index < -0.39 is 10.0 Å². The predicted molar refractivity (Wildman–Crippen MR) is 76.2 cm³/mol. The Kier molecular flexibility index (Phi) is 4.32. The second-order valence-electron chi connectivity index (χ2n) is 5.62. The summed E-state index contributed by atoms with van der Waals surface area (Å²) in [4.78, 5) is 5.24. The summed E-state index contributed by atoms with van der Waals surface area (Å²) in [6.07, 6.45) is 3.64. The molecule has 2 atom stereocenters. The fraction of sp³-hybridized carbons (Fsp3) is 0.692. The Bertz CT molecular complexity index is 586. The maximum absolute atomic E-state index is 12.1. The highest BCUT2D eigenvalue weighted by Gasteiger charge is 2.32. The van der Waals surface area contributed by atoms with E-state index in [0.717, 1.165) is 13.1 Å². The maximum atomic E-state index is 12.1. The Labute approximate surface area is 124 Å². The van der Waals surface area contributed by atoms with E-state index in [1.165, 1.54) is 25.1 Å². The number of aromatic amines is 1. The SMILES string of the molecule is O=S(=O)(NCC1CN2CCCC2CO1)c1c[nH]c(CO)c1. The number of rotatable bonds is 5. The van der Waals surface area contributed by atoms with Gasteiger partial charge in [-0.25, -0.2) is 13.1 Å². The van der Waals surface area contributed by atoms with Crippen LogP contribution < -0.4 is 4.72 Å². The molecule has 3 rings (SSSR count). The first-order valence-electron chi connectivity index (χ1n) is 7.22. The number of aromatic nitrogens is 1. The quantitative estimate of drug-likeness (QED) is 0.690. The van der Waals surface area contributed by atoms with E-state index in [-0.39, 0.29) is 24.2 Å². The first kappa shape index (κ1) is 15.0. The number of aliphatic hydroxyl groups is 1. The highest BCUT2D eigenvalue weighted by Crippen LogP contribution is 2.22. The third-order valence-corrected chi connectivity index (χ3v) is 5.56. The Hall–Kier alpha value is -0.930. The molecule has 118 valence electrons. The molecule has 3 N–H and O–H groups in total. The van der Waals surface area contributed by atoms with Crippen molar-refractivity contribution in [1.29, 1.82) is 0 Å². The summed E-state index contributed by atoms with van der Waals surface area (Å²) < 4.78 is 32.6. The molecule has 1 aromatic rings. The molecule has 21 heavy (non-hydrogen) atoms. The molecule has 0 amide bonds. The van der Waals surface area contributed by atoms with E-state index in [2.05, 4.69) is 14.6 Å². The number of nitrogens with one attached hydrogen (secondary N) is 2. The highest BCUT2D eigenvalue weighted by molar-refractivity contribution is 7.89. The van der Waals surface area contributed by atoms with Gasteiger partial charge in [0.2, 0.25) is 10.0 Å². The Balaban J connectivity index is 1.56. The van der Waals surface area contributed by atoms with Gasteiger partial charge in [0.25, 0.3) is 0 Å². The number of nitrogens with zero attached hydrogens (tertiary/aromatic N) is 1. The zero-order chi connectivity index (χ0) is 14.9. The summed E-state index contributed by atoms with van der Waals surface area (Å²) in [6, 6.07) is 1.94. The van der Waals surface area contributed by atoms with Crippen LogP contribution in [-0.2, 0) is 21.4 Å². The fourth-order valence-electron chi connectivity index (χ4n) is 2.96. The summed E-state index contributed by atoms with van der Waals surface area (Å²) in [7, 11) is -3.56. The van der Waals surface area contributed by atoms with Crippen molar-refractivity contribution in [3.05, 3.63) is 18.0 Å². The second-order valence-corrected chi connectivity index (χ2v) is 7.38. The Morgan fingerprint density at radius 3 is 3.14 bits per heavy atom. The molecule has 1 aromatic heterocycles. The van der Waals surface area contributed by atoms with Gasteiger partial charge in [-0.2, -0.15) is 0 Å². The Morgan fingerprint density at radius 2 is 2.38 bits per heavy atom. The molecule has 0 aliphatic carbocycles. The Morgan fingerprint density at radius 1 is 1.52 bits per heavy atom. The van der Waals surface area contributed by atoms with E-state index in [1.54, 1.807) is 0 Å². The molecule has 0 spiro atoms. The fourth-order valence-corrected chi connectivity index (χ4v) is 4.04. The summed E-state index contributed by atoms with van der Waals surface area (Å²) >= 11 is 0. The van der Waals surface area contributed by atoms with Crippen LogP contribution >= 0.6 is 0 Å². The lowest BCUT2D eigenvalue weighted by Crippen LogP contribution is -2.50. The number of fused-ring (bicyclic) bond motifs is 1. The van der Waals surface area contributed by atoms with Crippen molar-refractivity contribution in [1.82, 2.24) is 14.6 Å². The molecule has 0 radical (unpaired) electrons. The second kappa shape index (κ2) is 6.05. The third-order valence-electron chi connectivity index (χ3n) is 4.16. The lowest BCUT2D eigenvalue weighted by Gasteiger charge is -2.35. The molecule has 2 fully saturated rings. The average Bonchev–Trinajstić information content (AvgIpc) is 3.13. The van der Waals surface area contributed by atoms with Crippen molar-refractivity contribution < 1.29 is 18.3 Å². The normalized spacial score (nSPS) is 26.9. The van der Waals surface area contributed by atoms with E-state index >= 15 is 0 Å². The largest absolute Gasteiger partial charge is 0.390 e. The van der Waals surface area contributed by atoms with Crippen LogP contribution in [0.5, 0.6) is 0 Å². The van der Waals surface area contributed by atoms with Gasteiger partial charge in [0.15, 0.2) is 0 Å². The number of sulfonamides is 1. The molecule has 2 saturated heterocycles. The maximum Gasteiger partial charge on any atom is 0.242 e. The van der Waals surface area contributed by atoms with Crippen LogP contribution in [0.2, 0.25) is 0 Å². The van der Waals surface area contributed by atoms with Crippen molar-refractivity contribution in [2.24, 2.45) is 0 Å². The standard InChI is InChI=1S/C13H21N3O4S/c17-8-10-4-13(6-14-10)21(18,19)15-5-12-7-16-3-1-2-11(16)9-20-12/h4,6,11-12,14-15,17H,1-3,5,7-9H2. The van der Waals surface area contributed by atoms with E-state index in [9.17, 15) is 8.42 Å². The molecule has 8 heteroatoms. The van der Waals surface area contributed by atoms with Crippen molar-refractivity contribution in [3.8, 4) is 0 Å². The van der Waals surface area contributed by atoms with Gasteiger partial charge in [-0.1, -0.05) is 0 Å². The molecule has 0 aromatic carbocycles. The van der Waals surface area contributed by atoms with Gasteiger partial charge < -0.3 is 14.8 Å². The number of H-pyrrole nitrogens is 1. The number of aliphatic hydroxyl groups excluding tert-OH is 1. The van der Waals surface area contributed by atoms with Gasteiger partial charge in [-0.3, -0.25) is 4.90 Å². The van der Waals surface area contributed by atoms with Crippen LogP contribution in [0.15, 0.2) is 17.2 Å². The molecule has 0 saturated carbocycles. The van der Waals surface area contributed by atoms with Crippen LogP contribution in [0.3, 0.4) is 0 Å². The minimum atomic E-state index is -3.56. The summed E-state index contributed by atoms with van der Waals surface area (Å²) in [5.41, 5.74) is 0.476. The van der Waals surface area contributed by atoms with Gasteiger partial charge in [0, 0.05) is 31.0 Å². The molecule has 2 unspecified atom stereocenters. The van der Waals surface area contributed by atoms with Gasteiger partial charge in [0.05, 0.1) is 24.2 Å². The van der Waals surface area contributed by atoms with Gasteiger partial charge in [-0.15, -0.1) is 0 Å². The number of ether oxygens (including phenoxy) is 1. The molecule has 2 aliphatic heterocycles. The number of morpholine rings is 1. The smallest absolute Gasteiger partial charge is 0.242 e. The molecule has 3 heterocycles. The lowest BCUT2D eigenvalue weighted by atomic mass is 10.2. The lowest BCUT2D eigenvalue weighted by molar-refractivity contribution is -0.0449. The monoisotopic (exact) mass is 315 g/mol. The minimum absolute atomic E-state index is 0.106. The van der Waals surface area contributed by atoms with Gasteiger partial charge in [-0.05, 0) is 25.5 Å². The van der Waals surface area contributed by atoms with Gasteiger partial charge >= 0.3 is 0 Å². The van der Waals surface area contributed by atoms with Crippen LogP contribution in [0.4, 0.5) is 0 Å². The zero-order valence-corrected chi connectivity index (χ0v) is 12.6. The number of hydrogen-bond acceptors (Lipinski definition) is 5. The van der Waals surface area contributed by atoms with Crippen molar-refractivity contribution >= 4 is 10.0 Å². The molecule has 2 aliphatic rings. The summed E-state index contributed by atoms with van der Waals surface area (Å²) in [5.74, 6) is 0. The van der Waals surface area contributed by atoms with Crippen LogP contribution in [-0.4, -0.2) is 61.8 Å². The molecule has 0 bridgehead atoms. The van der Waals surface area contributed by atoms with Crippen molar-refractivity contribution in [2.45, 2.75) is 36.5 Å². The average molecular weight is 315 g/mol. The predicted octanol–water partition coefficient (Wildman–Crippen LogP) is -0.351. The first-order chi connectivity index (χ1) is 10.1. The van der Waals surface area contributed by atoms with Crippen molar-refractivity contribution in [2.75, 3.05) is 26.2 Å². The van der Waals surface area contributed by atoms with E-state index in [1.807, 2.05) is 0 Å². The van der Waals surface area contributed by atoms with Crippen molar-refractivity contribution in [3.63, 3.8) is 0 Å².